The van der Waals surface area contributed by atoms with Crippen LogP contribution in [0.3, 0.4) is 0 Å². The van der Waals surface area contributed by atoms with Gasteiger partial charge in [0.25, 0.3) is 0 Å². The van der Waals surface area contributed by atoms with Gasteiger partial charge in [-0.1, -0.05) is 6.92 Å². The smallest absolute Gasteiger partial charge is 0.330 e. The van der Waals surface area contributed by atoms with Crippen LogP contribution in [0.15, 0.2) is 18.3 Å². The lowest BCUT2D eigenvalue weighted by Gasteiger charge is -2.08. The molecule has 0 aliphatic heterocycles. The van der Waals surface area contributed by atoms with Gasteiger partial charge in [-0.2, -0.15) is 13.2 Å². The minimum Gasteiger partial charge on any atom is -0.330 e. The molecule has 7 nitrogen and oxygen atoms in total. The maximum absolute atomic E-state index is 12.8. The fourth-order valence-corrected chi connectivity index (χ4v) is 3.23. The van der Waals surface area contributed by atoms with Gasteiger partial charge in [-0.3, -0.25) is 9.72 Å². The van der Waals surface area contributed by atoms with E-state index in [4.69, 9.17) is 0 Å². The fraction of sp³-hybridized carbons (Fsp3) is 0.333. The largest absolute Gasteiger partial charge is 0.417 e. The summed E-state index contributed by atoms with van der Waals surface area (Å²) in [4.78, 5) is 17.3. The van der Waals surface area contributed by atoms with Gasteiger partial charge in [0.1, 0.15) is 0 Å². The molecule has 0 atom stereocenters. The maximum atomic E-state index is 12.8. The van der Waals surface area contributed by atoms with E-state index in [2.05, 4.69) is 25.8 Å². The minimum absolute atomic E-state index is 0.0840. The van der Waals surface area contributed by atoms with Gasteiger partial charge in [0, 0.05) is 11.1 Å². The predicted molar refractivity (Wildman–Crippen MR) is 90.1 cm³/mol. The van der Waals surface area contributed by atoms with Gasteiger partial charge in [-0.15, -0.1) is 21.5 Å². The van der Waals surface area contributed by atoms with Gasteiger partial charge in [0.2, 0.25) is 0 Å². The highest BCUT2D eigenvalue weighted by molar-refractivity contribution is 7.15. The number of urea groups is 1. The SMILES string of the molecule is CCc1sc(NC(=O)NCc2nnc3ccc(C(F)(F)F)cn23)nc1C. The zero-order valence-electron chi connectivity index (χ0n) is 13.9. The first-order chi connectivity index (χ1) is 12.3. The van der Waals surface area contributed by atoms with Crippen molar-refractivity contribution in [1.82, 2.24) is 24.9 Å². The number of hydrogen-bond acceptors (Lipinski definition) is 5. The molecule has 2 N–H and O–H groups in total. The molecule has 0 saturated carbocycles. The topological polar surface area (TPSA) is 84.2 Å². The van der Waals surface area contributed by atoms with Crippen molar-refractivity contribution in [2.75, 3.05) is 5.32 Å². The zero-order valence-corrected chi connectivity index (χ0v) is 14.7. The fourth-order valence-electron chi connectivity index (χ4n) is 2.34. The number of aryl methyl sites for hydroxylation is 2. The molecule has 0 aliphatic carbocycles. The first-order valence-electron chi connectivity index (χ1n) is 7.70. The Kier molecular flexibility index (Phi) is 4.81. The summed E-state index contributed by atoms with van der Waals surface area (Å²) < 4.78 is 39.7. The molecular weight excluding hydrogens is 369 g/mol. The van der Waals surface area contributed by atoms with E-state index in [1.165, 1.54) is 21.8 Å². The van der Waals surface area contributed by atoms with Crippen LogP contribution in [0.4, 0.5) is 23.1 Å². The average molecular weight is 384 g/mol. The summed E-state index contributed by atoms with van der Waals surface area (Å²) >= 11 is 1.38. The van der Waals surface area contributed by atoms with Crippen LogP contribution < -0.4 is 10.6 Å². The molecule has 0 saturated heterocycles. The van der Waals surface area contributed by atoms with Gasteiger partial charge < -0.3 is 5.32 Å². The summed E-state index contributed by atoms with van der Waals surface area (Å²) in [6.07, 6.45) is -2.75. The van der Waals surface area contributed by atoms with Gasteiger partial charge >= 0.3 is 12.2 Å². The third-order valence-corrected chi connectivity index (χ3v) is 4.86. The molecule has 3 rings (SSSR count). The number of anilines is 1. The highest BCUT2D eigenvalue weighted by Gasteiger charge is 2.31. The molecule has 11 heteroatoms. The van der Waals surface area contributed by atoms with E-state index in [9.17, 15) is 18.0 Å². The lowest BCUT2D eigenvalue weighted by atomic mass is 10.3. The predicted octanol–water partition coefficient (Wildman–Crippen LogP) is 3.40. The molecule has 3 aromatic rings. The molecule has 0 aromatic carbocycles. The zero-order chi connectivity index (χ0) is 18.9. The number of pyridine rings is 1. The number of halogens is 3. The number of thiazole rings is 1. The standard InChI is InChI=1S/C15H15F3N6OS/c1-3-10-8(2)20-14(26-10)21-13(25)19-6-12-23-22-11-5-4-9(7-24(11)12)15(16,17)18/h4-5,7H,3,6H2,1-2H3,(H2,19,20,21,25). The van der Waals surface area contributed by atoms with Crippen LogP contribution in [0.2, 0.25) is 0 Å². The van der Waals surface area contributed by atoms with Crippen LogP contribution >= 0.6 is 11.3 Å². The first kappa shape index (κ1) is 18.1. The van der Waals surface area contributed by atoms with E-state index >= 15 is 0 Å². The molecule has 26 heavy (non-hydrogen) atoms. The second kappa shape index (κ2) is 6.90. The van der Waals surface area contributed by atoms with E-state index in [0.29, 0.717) is 5.13 Å². The number of fused-ring (bicyclic) bond motifs is 1. The summed E-state index contributed by atoms with van der Waals surface area (Å²) in [7, 11) is 0. The molecule has 0 fully saturated rings. The van der Waals surface area contributed by atoms with Crippen molar-refractivity contribution >= 4 is 28.1 Å². The van der Waals surface area contributed by atoms with Crippen LogP contribution in [0, 0.1) is 6.92 Å². The van der Waals surface area contributed by atoms with Crippen molar-refractivity contribution < 1.29 is 18.0 Å². The Balaban J connectivity index is 1.69. The lowest BCUT2D eigenvalue weighted by Crippen LogP contribution is -2.29. The number of carbonyl (C=O) groups excluding carboxylic acids is 1. The van der Waals surface area contributed by atoms with Crippen LogP contribution in [0.1, 0.15) is 28.9 Å². The Hall–Kier alpha value is -2.69. The molecule has 138 valence electrons. The summed E-state index contributed by atoms with van der Waals surface area (Å²) in [5.41, 5.74) is 0.301. The number of alkyl halides is 3. The molecule has 0 aliphatic rings. The third-order valence-electron chi connectivity index (χ3n) is 3.64. The first-order valence-corrected chi connectivity index (χ1v) is 8.51. The number of aromatic nitrogens is 4. The highest BCUT2D eigenvalue weighted by Crippen LogP contribution is 2.29. The van der Waals surface area contributed by atoms with E-state index < -0.39 is 17.8 Å². The second-order valence-corrected chi connectivity index (χ2v) is 6.53. The van der Waals surface area contributed by atoms with Crippen molar-refractivity contribution in [3.8, 4) is 0 Å². The van der Waals surface area contributed by atoms with E-state index in [1.807, 2.05) is 13.8 Å². The number of hydrogen-bond donors (Lipinski definition) is 2. The molecule has 3 heterocycles. The number of rotatable bonds is 4. The second-order valence-electron chi connectivity index (χ2n) is 5.45. The molecule has 0 bridgehead atoms. The summed E-state index contributed by atoms with van der Waals surface area (Å²) in [6, 6.07) is 1.64. The Morgan fingerprint density at radius 3 is 2.73 bits per heavy atom. The maximum Gasteiger partial charge on any atom is 0.417 e. The van der Waals surface area contributed by atoms with Crippen molar-refractivity contribution in [2.24, 2.45) is 0 Å². The highest BCUT2D eigenvalue weighted by atomic mass is 32.1. The van der Waals surface area contributed by atoms with Crippen molar-refractivity contribution in [2.45, 2.75) is 33.0 Å². The van der Waals surface area contributed by atoms with E-state index in [0.717, 1.165) is 29.3 Å². The Morgan fingerprint density at radius 2 is 2.08 bits per heavy atom. The van der Waals surface area contributed by atoms with Gasteiger partial charge in [-0.25, -0.2) is 9.78 Å². The number of nitrogens with one attached hydrogen (secondary N) is 2. The van der Waals surface area contributed by atoms with Gasteiger partial charge in [0.15, 0.2) is 16.6 Å². The minimum atomic E-state index is -4.47. The lowest BCUT2D eigenvalue weighted by molar-refractivity contribution is -0.137. The van der Waals surface area contributed by atoms with Crippen molar-refractivity contribution in [3.05, 3.63) is 40.3 Å². The van der Waals surface area contributed by atoms with Gasteiger partial charge in [0.05, 0.1) is 17.8 Å². The van der Waals surface area contributed by atoms with Crippen LogP contribution in [-0.2, 0) is 19.1 Å². The monoisotopic (exact) mass is 384 g/mol. The average Bonchev–Trinajstić information content (AvgIpc) is 3.14. The molecule has 0 unspecified atom stereocenters. The van der Waals surface area contributed by atoms with Gasteiger partial charge in [-0.05, 0) is 25.5 Å². The number of amides is 2. The summed E-state index contributed by atoms with van der Waals surface area (Å²) in [5.74, 6) is 0.186. The third kappa shape index (κ3) is 3.77. The number of carbonyl (C=O) groups is 1. The summed E-state index contributed by atoms with van der Waals surface area (Å²) in [6.45, 7) is 3.77. The van der Waals surface area contributed by atoms with E-state index in [1.54, 1.807) is 0 Å². The quantitative estimate of drug-likeness (QED) is 0.722. The Morgan fingerprint density at radius 1 is 1.31 bits per heavy atom. The summed E-state index contributed by atoms with van der Waals surface area (Å²) in [5, 5.41) is 13.2. The Labute approximate surface area is 150 Å². The number of nitrogens with zero attached hydrogens (tertiary/aromatic N) is 4. The van der Waals surface area contributed by atoms with Crippen molar-refractivity contribution in [1.29, 1.82) is 0 Å². The molecule has 2 amide bonds. The van der Waals surface area contributed by atoms with Crippen LogP contribution in [0.25, 0.3) is 5.65 Å². The van der Waals surface area contributed by atoms with Crippen LogP contribution in [-0.4, -0.2) is 25.6 Å². The Bertz CT molecular complexity index is 949. The van der Waals surface area contributed by atoms with Crippen LogP contribution in [0.5, 0.6) is 0 Å². The molecule has 3 aromatic heterocycles. The normalized spacial score (nSPS) is 11.7. The molecular formula is C15H15F3N6OS. The van der Waals surface area contributed by atoms with E-state index in [-0.39, 0.29) is 18.0 Å². The molecule has 0 radical (unpaired) electrons. The molecule has 0 spiro atoms. The van der Waals surface area contributed by atoms with Crippen molar-refractivity contribution in [3.63, 3.8) is 0 Å².